The Balaban J connectivity index is 1.73. The molecule has 0 saturated heterocycles. The smallest absolute Gasteiger partial charge is 0.224 e. The van der Waals surface area contributed by atoms with Crippen molar-refractivity contribution in [1.29, 1.82) is 5.26 Å². The summed E-state index contributed by atoms with van der Waals surface area (Å²) in [6, 6.07) is 14.6. The van der Waals surface area contributed by atoms with Crippen LogP contribution in [-0.4, -0.2) is 12.5 Å². The van der Waals surface area contributed by atoms with Crippen molar-refractivity contribution in [1.82, 2.24) is 0 Å². The molecule has 22 heavy (non-hydrogen) atoms. The molecule has 0 aliphatic rings. The number of carbonyl (C=O) groups excluding carboxylic acids is 1. The molecule has 0 radical (unpaired) electrons. The van der Waals surface area contributed by atoms with Gasteiger partial charge in [0.25, 0.3) is 0 Å². The van der Waals surface area contributed by atoms with E-state index in [-0.39, 0.29) is 18.1 Å². The van der Waals surface area contributed by atoms with E-state index in [4.69, 9.17) is 10.00 Å². The van der Waals surface area contributed by atoms with Gasteiger partial charge in [0.15, 0.2) is 0 Å². The van der Waals surface area contributed by atoms with Crippen molar-refractivity contribution in [3.8, 4) is 11.8 Å². The van der Waals surface area contributed by atoms with Gasteiger partial charge in [-0.15, -0.1) is 0 Å². The van der Waals surface area contributed by atoms with Crippen LogP contribution in [0.3, 0.4) is 0 Å². The fraction of sp³-hybridized carbons (Fsp3) is 0.176. The molecule has 2 rings (SSSR count). The van der Waals surface area contributed by atoms with Gasteiger partial charge >= 0.3 is 0 Å². The molecule has 0 unspecified atom stereocenters. The van der Waals surface area contributed by atoms with E-state index in [1.165, 1.54) is 12.1 Å². The first kappa shape index (κ1) is 15.5. The van der Waals surface area contributed by atoms with Crippen LogP contribution in [-0.2, 0) is 4.79 Å². The van der Waals surface area contributed by atoms with Crippen LogP contribution in [0.25, 0.3) is 0 Å². The Morgan fingerprint density at radius 1 is 1.23 bits per heavy atom. The molecule has 0 spiro atoms. The third-order valence-corrected chi connectivity index (χ3v) is 2.89. The number of rotatable bonds is 6. The number of ether oxygens (including phenoxy) is 1. The normalized spacial score (nSPS) is 9.82. The predicted octanol–water partition coefficient (Wildman–Crippen LogP) is 3.50. The third kappa shape index (κ3) is 4.91. The molecular formula is C17H15FN2O2. The topological polar surface area (TPSA) is 62.1 Å². The molecule has 0 bridgehead atoms. The second-order valence-corrected chi connectivity index (χ2v) is 4.65. The number of nitrogens with one attached hydrogen (secondary N) is 1. The van der Waals surface area contributed by atoms with Gasteiger partial charge in [-0.05, 0) is 36.8 Å². The lowest BCUT2D eigenvalue weighted by molar-refractivity contribution is -0.116. The lowest BCUT2D eigenvalue weighted by Crippen LogP contribution is -2.12. The Bertz CT molecular complexity index is 695. The van der Waals surface area contributed by atoms with Crippen LogP contribution in [0.2, 0.25) is 0 Å². The van der Waals surface area contributed by atoms with E-state index in [9.17, 15) is 9.18 Å². The highest BCUT2D eigenvalue weighted by Crippen LogP contribution is 2.13. The number of hydrogen-bond donors (Lipinski definition) is 1. The molecule has 2 aromatic rings. The summed E-state index contributed by atoms with van der Waals surface area (Å²) in [7, 11) is 0. The molecule has 1 amide bonds. The van der Waals surface area contributed by atoms with Crippen LogP contribution in [0.5, 0.6) is 5.75 Å². The minimum atomic E-state index is -0.354. The van der Waals surface area contributed by atoms with Gasteiger partial charge in [0, 0.05) is 18.2 Å². The molecule has 0 aromatic heterocycles. The Kier molecular flexibility index (Phi) is 5.50. The second kappa shape index (κ2) is 7.79. The van der Waals surface area contributed by atoms with E-state index < -0.39 is 0 Å². The highest BCUT2D eigenvalue weighted by atomic mass is 19.1. The van der Waals surface area contributed by atoms with Crippen molar-refractivity contribution < 1.29 is 13.9 Å². The number of halogens is 1. The molecule has 0 aliphatic heterocycles. The zero-order valence-corrected chi connectivity index (χ0v) is 11.9. The lowest BCUT2D eigenvalue weighted by atomic mass is 10.2. The summed E-state index contributed by atoms with van der Waals surface area (Å²) in [4.78, 5) is 11.8. The average Bonchev–Trinajstić information content (AvgIpc) is 2.52. The van der Waals surface area contributed by atoms with Gasteiger partial charge in [-0.1, -0.05) is 12.1 Å². The molecular weight excluding hydrogens is 283 g/mol. The maximum atomic E-state index is 12.9. The Hall–Kier alpha value is -2.87. The SMILES string of the molecule is N#Cc1cccc(NC(=O)CCCOc2cccc(F)c2)c1. The summed E-state index contributed by atoms with van der Waals surface area (Å²) >= 11 is 0. The quantitative estimate of drug-likeness (QED) is 0.830. The summed E-state index contributed by atoms with van der Waals surface area (Å²) in [6.07, 6.45) is 0.798. The first-order valence-electron chi connectivity index (χ1n) is 6.86. The molecule has 0 heterocycles. The van der Waals surface area contributed by atoms with Crippen molar-refractivity contribution in [3.63, 3.8) is 0 Å². The zero-order chi connectivity index (χ0) is 15.8. The van der Waals surface area contributed by atoms with Gasteiger partial charge in [-0.3, -0.25) is 4.79 Å². The van der Waals surface area contributed by atoms with Crippen LogP contribution in [0.4, 0.5) is 10.1 Å². The van der Waals surface area contributed by atoms with E-state index in [1.807, 2.05) is 6.07 Å². The minimum absolute atomic E-state index is 0.155. The van der Waals surface area contributed by atoms with Gasteiger partial charge < -0.3 is 10.1 Å². The summed E-state index contributed by atoms with van der Waals surface area (Å²) in [5.74, 6) is -0.0623. The minimum Gasteiger partial charge on any atom is -0.493 e. The zero-order valence-electron chi connectivity index (χ0n) is 11.9. The maximum Gasteiger partial charge on any atom is 0.224 e. The van der Waals surface area contributed by atoms with E-state index in [0.717, 1.165) is 0 Å². The fourth-order valence-corrected chi connectivity index (χ4v) is 1.87. The molecule has 0 saturated carbocycles. The molecule has 0 atom stereocenters. The van der Waals surface area contributed by atoms with Crippen molar-refractivity contribution in [2.45, 2.75) is 12.8 Å². The summed E-state index contributed by atoms with van der Waals surface area (Å²) in [6.45, 7) is 0.328. The Morgan fingerprint density at radius 3 is 2.82 bits per heavy atom. The largest absolute Gasteiger partial charge is 0.493 e. The van der Waals surface area contributed by atoms with Crippen LogP contribution in [0.1, 0.15) is 18.4 Å². The number of anilines is 1. The monoisotopic (exact) mass is 298 g/mol. The van der Waals surface area contributed by atoms with Crippen LogP contribution in [0.15, 0.2) is 48.5 Å². The van der Waals surface area contributed by atoms with Gasteiger partial charge in [0.05, 0.1) is 18.2 Å². The summed E-state index contributed by atoms with van der Waals surface area (Å²) < 4.78 is 18.3. The first-order chi connectivity index (χ1) is 10.7. The molecule has 0 aliphatic carbocycles. The van der Waals surface area contributed by atoms with Crippen molar-refractivity contribution >= 4 is 11.6 Å². The number of benzene rings is 2. The molecule has 1 N–H and O–H groups in total. The molecule has 0 fully saturated rings. The molecule has 5 heteroatoms. The van der Waals surface area contributed by atoms with E-state index in [0.29, 0.717) is 30.0 Å². The lowest BCUT2D eigenvalue weighted by Gasteiger charge is -2.07. The van der Waals surface area contributed by atoms with Gasteiger partial charge in [-0.25, -0.2) is 4.39 Å². The Labute approximate surface area is 128 Å². The fourth-order valence-electron chi connectivity index (χ4n) is 1.87. The summed E-state index contributed by atoms with van der Waals surface area (Å²) in [5.41, 5.74) is 1.09. The molecule has 4 nitrogen and oxygen atoms in total. The number of carbonyl (C=O) groups is 1. The van der Waals surface area contributed by atoms with Gasteiger partial charge in [0.1, 0.15) is 11.6 Å². The van der Waals surface area contributed by atoms with Crippen LogP contribution >= 0.6 is 0 Å². The van der Waals surface area contributed by atoms with Crippen molar-refractivity contribution in [2.75, 3.05) is 11.9 Å². The first-order valence-corrected chi connectivity index (χ1v) is 6.86. The number of nitriles is 1. The maximum absolute atomic E-state index is 12.9. The highest BCUT2D eigenvalue weighted by Gasteiger charge is 2.03. The van der Waals surface area contributed by atoms with E-state index in [1.54, 1.807) is 36.4 Å². The standard InChI is InChI=1S/C17H15FN2O2/c18-14-5-2-7-16(11-14)22-9-3-8-17(21)20-15-6-1-4-13(10-15)12-19/h1-2,4-7,10-11H,3,8-9H2,(H,20,21). The average molecular weight is 298 g/mol. The van der Waals surface area contributed by atoms with E-state index in [2.05, 4.69) is 5.32 Å². The predicted molar refractivity (Wildman–Crippen MR) is 80.9 cm³/mol. The second-order valence-electron chi connectivity index (χ2n) is 4.65. The Morgan fingerprint density at radius 2 is 2.05 bits per heavy atom. The van der Waals surface area contributed by atoms with Gasteiger partial charge in [0.2, 0.25) is 5.91 Å². The van der Waals surface area contributed by atoms with Crippen molar-refractivity contribution in [2.24, 2.45) is 0 Å². The van der Waals surface area contributed by atoms with Crippen LogP contribution < -0.4 is 10.1 Å². The highest BCUT2D eigenvalue weighted by molar-refractivity contribution is 5.90. The summed E-state index contributed by atoms with van der Waals surface area (Å²) in [5, 5.41) is 11.5. The third-order valence-electron chi connectivity index (χ3n) is 2.89. The number of hydrogen-bond acceptors (Lipinski definition) is 3. The number of amides is 1. The molecule has 112 valence electrons. The molecule has 2 aromatic carbocycles. The van der Waals surface area contributed by atoms with Crippen molar-refractivity contribution in [3.05, 3.63) is 59.9 Å². The van der Waals surface area contributed by atoms with Crippen LogP contribution in [0, 0.1) is 17.1 Å². The van der Waals surface area contributed by atoms with Gasteiger partial charge in [-0.2, -0.15) is 5.26 Å². The van der Waals surface area contributed by atoms with E-state index >= 15 is 0 Å². The number of nitrogens with zero attached hydrogens (tertiary/aromatic N) is 1.